The lowest BCUT2D eigenvalue weighted by molar-refractivity contribution is -0.0882. The van der Waals surface area contributed by atoms with Gasteiger partial charge < -0.3 is 9.84 Å². The van der Waals surface area contributed by atoms with Crippen molar-refractivity contribution in [1.82, 2.24) is 0 Å². The normalized spacial score (nSPS) is 17.2. The van der Waals surface area contributed by atoms with Crippen molar-refractivity contribution in [3.05, 3.63) is 48.0 Å². The van der Waals surface area contributed by atoms with E-state index in [4.69, 9.17) is 4.74 Å². The van der Waals surface area contributed by atoms with Crippen LogP contribution in [-0.2, 0) is 10.3 Å². The van der Waals surface area contributed by atoms with Gasteiger partial charge in [0, 0.05) is 12.5 Å². The smallest absolute Gasteiger partial charge is 0.0980 e. The Morgan fingerprint density at radius 1 is 1.30 bits per heavy atom. The van der Waals surface area contributed by atoms with Crippen molar-refractivity contribution < 1.29 is 9.84 Å². The Bertz CT molecular complexity index is 420. The van der Waals surface area contributed by atoms with E-state index in [9.17, 15) is 5.11 Å². The number of rotatable bonds is 8. The van der Waals surface area contributed by atoms with Gasteiger partial charge >= 0.3 is 0 Å². The van der Waals surface area contributed by atoms with Crippen LogP contribution in [0, 0.1) is 12.3 Å². The van der Waals surface area contributed by atoms with Crippen LogP contribution >= 0.6 is 0 Å². The van der Waals surface area contributed by atoms with Crippen LogP contribution in [0.4, 0.5) is 0 Å². The monoisotopic (exact) mass is 276 g/mol. The van der Waals surface area contributed by atoms with Crippen LogP contribution in [-0.4, -0.2) is 18.8 Å². The molecule has 2 atom stereocenters. The first kappa shape index (κ1) is 16.9. The fourth-order valence-electron chi connectivity index (χ4n) is 2.73. The summed E-state index contributed by atoms with van der Waals surface area (Å²) in [7, 11) is 1.68. The third-order valence-electron chi connectivity index (χ3n) is 4.35. The first-order valence-electron chi connectivity index (χ1n) is 7.35. The number of hydrogen-bond donors (Lipinski definition) is 1. The van der Waals surface area contributed by atoms with Gasteiger partial charge in [-0.2, -0.15) is 0 Å². The fourth-order valence-corrected chi connectivity index (χ4v) is 2.73. The highest BCUT2D eigenvalue weighted by Gasteiger charge is 2.45. The second-order valence-corrected chi connectivity index (χ2v) is 5.84. The van der Waals surface area contributed by atoms with Gasteiger partial charge in [0.1, 0.15) is 0 Å². The minimum absolute atomic E-state index is 0.465. The summed E-state index contributed by atoms with van der Waals surface area (Å²) >= 11 is 0. The maximum Gasteiger partial charge on any atom is 0.0980 e. The largest absolute Gasteiger partial charge is 0.384 e. The van der Waals surface area contributed by atoms with Crippen LogP contribution in [0.2, 0.25) is 0 Å². The lowest BCUT2D eigenvalue weighted by Gasteiger charge is -2.43. The Morgan fingerprint density at radius 3 is 2.35 bits per heavy atom. The highest BCUT2D eigenvalue weighted by Crippen LogP contribution is 2.45. The van der Waals surface area contributed by atoms with Crippen LogP contribution in [0.1, 0.15) is 44.2 Å². The van der Waals surface area contributed by atoms with Crippen molar-refractivity contribution in [3.63, 3.8) is 0 Å². The molecular weight excluding hydrogens is 248 g/mol. The number of ether oxygens (including phenoxy) is 1. The molecule has 2 heteroatoms. The molecular formula is C18H28O2. The molecule has 0 fully saturated rings. The molecule has 0 bridgehead atoms. The van der Waals surface area contributed by atoms with Gasteiger partial charge in [-0.05, 0) is 25.8 Å². The number of unbranched alkanes of at least 4 members (excludes halogenated alkanes) is 1. The lowest BCUT2D eigenvalue weighted by Crippen LogP contribution is -2.45. The molecule has 0 aromatic heterocycles. The number of hydrogen-bond acceptors (Lipinski definition) is 2. The van der Waals surface area contributed by atoms with E-state index in [-0.39, 0.29) is 0 Å². The van der Waals surface area contributed by atoms with E-state index in [1.165, 1.54) is 5.56 Å². The number of methoxy groups -OCH3 is 1. The first-order valence-corrected chi connectivity index (χ1v) is 7.35. The van der Waals surface area contributed by atoms with Crippen LogP contribution < -0.4 is 0 Å². The van der Waals surface area contributed by atoms with Gasteiger partial charge in [-0.1, -0.05) is 55.7 Å². The van der Waals surface area contributed by atoms with Gasteiger partial charge in [0.05, 0.1) is 12.2 Å². The molecule has 0 aliphatic rings. The zero-order chi connectivity index (χ0) is 15.2. The molecule has 0 spiro atoms. The highest BCUT2D eigenvalue weighted by atomic mass is 16.5. The Kier molecular flexibility index (Phi) is 5.97. The molecule has 1 aromatic carbocycles. The minimum Gasteiger partial charge on any atom is -0.384 e. The highest BCUT2D eigenvalue weighted by molar-refractivity contribution is 5.30. The molecule has 1 rings (SSSR count). The van der Waals surface area contributed by atoms with Gasteiger partial charge in [-0.25, -0.2) is 0 Å². The summed E-state index contributed by atoms with van der Waals surface area (Å²) < 4.78 is 5.40. The van der Waals surface area contributed by atoms with Crippen LogP contribution in [0.15, 0.2) is 36.9 Å². The fraction of sp³-hybridized carbons (Fsp3) is 0.556. The third kappa shape index (κ3) is 3.31. The summed E-state index contributed by atoms with van der Waals surface area (Å²) in [5, 5.41) is 11.2. The van der Waals surface area contributed by atoms with Crippen molar-refractivity contribution in [2.24, 2.45) is 5.41 Å². The predicted molar refractivity (Wildman–Crippen MR) is 84.8 cm³/mol. The molecule has 0 unspecified atom stereocenters. The summed E-state index contributed by atoms with van der Waals surface area (Å²) in [5.74, 6) is 0. The van der Waals surface area contributed by atoms with Gasteiger partial charge in [0.25, 0.3) is 0 Å². The molecule has 0 saturated carbocycles. The van der Waals surface area contributed by atoms with Gasteiger partial charge in [0.2, 0.25) is 0 Å². The zero-order valence-electron chi connectivity index (χ0n) is 13.3. The van der Waals surface area contributed by atoms with Gasteiger partial charge in [-0.15, -0.1) is 6.58 Å². The predicted octanol–water partition coefficient (Wildman–Crippen LogP) is 4.21. The van der Waals surface area contributed by atoms with Crippen molar-refractivity contribution >= 4 is 0 Å². The molecule has 112 valence electrons. The molecule has 0 radical (unpaired) electrons. The van der Waals surface area contributed by atoms with E-state index in [1.54, 1.807) is 7.11 Å². The maximum atomic E-state index is 11.2. The Hall–Kier alpha value is -1.12. The molecule has 1 N–H and O–H groups in total. The summed E-state index contributed by atoms with van der Waals surface area (Å²) in [4.78, 5) is 0. The SMILES string of the molecule is C=C[C@](CCCC)(COC)[C@](C)(O)c1ccc(C)cc1. The van der Waals surface area contributed by atoms with Gasteiger partial charge in [0.15, 0.2) is 0 Å². The van der Waals surface area contributed by atoms with Crippen molar-refractivity contribution in [2.45, 2.75) is 45.6 Å². The summed E-state index contributed by atoms with van der Waals surface area (Å²) in [5.41, 5.74) is 0.644. The van der Waals surface area contributed by atoms with E-state index in [0.29, 0.717) is 6.61 Å². The average Bonchev–Trinajstić information content (AvgIpc) is 2.43. The molecule has 0 amide bonds. The molecule has 0 aliphatic heterocycles. The molecule has 0 heterocycles. The van der Waals surface area contributed by atoms with E-state index >= 15 is 0 Å². The zero-order valence-corrected chi connectivity index (χ0v) is 13.3. The van der Waals surface area contributed by atoms with Crippen molar-refractivity contribution in [2.75, 3.05) is 13.7 Å². The topological polar surface area (TPSA) is 29.5 Å². The summed E-state index contributed by atoms with van der Waals surface area (Å²) in [6.45, 7) is 10.5. The second kappa shape index (κ2) is 7.05. The van der Waals surface area contributed by atoms with Crippen LogP contribution in [0.25, 0.3) is 0 Å². The third-order valence-corrected chi connectivity index (χ3v) is 4.35. The molecule has 20 heavy (non-hydrogen) atoms. The van der Waals surface area contributed by atoms with Crippen molar-refractivity contribution in [1.29, 1.82) is 0 Å². The second-order valence-electron chi connectivity index (χ2n) is 5.84. The quantitative estimate of drug-likeness (QED) is 0.721. The van der Waals surface area contributed by atoms with E-state index in [2.05, 4.69) is 13.5 Å². The molecule has 0 aliphatic carbocycles. The Balaban J connectivity index is 3.20. The number of aryl methyl sites for hydroxylation is 1. The van der Waals surface area contributed by atoms with Gasteiger partial charge in [-0.3, -0.25) is 0 Å². The summed E-state index contributed by atoms with van der Waals surface area (Å²) in [6.07, 6.45) is 4.86. The maximum absolute atomic E-state index is 11.2. The standard InChI is InChI=1S/C18H28O2/c1-6-8-13-18(7-2,14-20-5)17(4,19)16-11-9-15(3)10-12-16/h7,9-12,19H,2,6,8,13-14H2,1,3-5H3/t17-,18+/m1/s1. The molecule has 2 nitrogen and oxygen atoms in total. The van der Waals surface area contributed by atoms with Crippen molar-refractivity contribution in [3.8, 4) is 0 Å². The molecule has 0 saturated heterocycles. The molecule has 1 aromatic rings. The Labute approximate surface area is 123 Å². The minimum atomic E-state index is -0.992. The van der Waals surface area contributed by atoms with E-state index in [0.717, 1.165) is 24.8 Å². The van der Waals surface area contributed by atoms with E-state index < -0.39 is 11.0 Å². The number of aliphatic hydroxyl groups is 1. The van der Waals surface area contributed by atoms with E-state index in [1.807, 2.05) is 44.2 Å². The number of benzene rings is 1. The van der Waals surface area contributed by atoms with Crippen LogP contribution in [0.5, 0.6) is 0 Å². The lowest BCUT2D eigenvalue weighted by atomic mass is 9.67. The van der Waals surface area contributed by atoms with Crippen LogP contribution in [0.3, 0.4) is 0 Å². The Morgan fingerprint density at radius 2 is 1.90 bits per heavy atom. The first-order chi connectivity index (χ1) is 9.43. The summed E-state index contributed by atoms with van der Waals surface area (Å²) in [6, 6.07) is 8.05. The average molecular weight is 276 g/mol.